The highest BCUT2D eigenvalue weighted by atomic mass is 16.6. The van der Waals surface area contributed by atoms with Gasteiger partial charge in [0, 0.05) is 13.0 Å². The van der Waals surface area contributed by atoms with Crippen molar-refractivity contribution in [3.8, 4) is 0 Å². The third-order valence-corrected chi connectivity index (χ3v) is 2.94. The minimum atomic E-state index is 0.00849. The first-order chi connectivity index (χ1) is 8.22. The summed E-state index contributed by atoms with van der Waals surface area (Å²) in [5, 5.41) is 2.87. The molecule has 1 rings (SSSR count). The van der Waals surface area contributed by atoms with E-state index in [9.17, 15) is 4.79 Å². The van der Waals surface area contributed by atoms with Gasteiger partial charge in [-0.2, -0.15) is 0 Å². The lowest BCUT2D eigenvalue weighted by molar-refractivity contribution is -0.124. The second kappa shape index (κ2) is 8.44. The van der Waals surface area contributed by atoms with E-state index in [1.807, 2.05) is 0 Å². The van der Waals surface area contributed by atoms with Gasteiger partial charge in [-0.1, -0.05) is 6.92 Å². The predicted octanol–water partition coefficient (Wildman–Crippen LogP) is 0.283. The summed E-state index contributed by atoms with van der Waals surface area (Å²) >= 11 is 0. The molecule has 0 radical (unpaired) electrons. The van der Waals surface area contributed by atoms with Gasteiger partial charge in [0.1, 0.15) is 0 Å². The molecule has 2 atom stereocenters. The fourth-order valence-corrected chi connectivity index (χ4v) is 1.78. The van der Waals surface area contributed by atoms with Gasteiger partial charge in [-0.05, 0) is 25.3 Å². The molecule has 0 aromatic carbocycles. The first-order valence-corrected chi connectivity index (χ1v) is 6.38. The van der Waals surface area contributed by atoms with Gasteiger partial charge in [-0.15, -0.1) is 0 Å². The molecule has 1 heterocycles. The average Bonchev–Trinajstić information content (AvgIpc) is 2.35. The SMILES string of the molecule is CC(CCN)CCC(=O)NCC1COCCO1. The van der Waals surface area contributed by atoms with Gasteiger partial charge < -0.3 is 20.5 Å². The Bertz CT molecular complexity index is 218. The number of nitrogens with two attached hydrogens (primary N) is 1. The summed E-state index contributed by atoms with van der Waals surface area (Å²) in [6.07, 6.45) is 2.45. The molecule has 100 valence electrons. The Balaban J connectivity index is 2.04. The molecular weight excluding hydrogens is 220 g/mol. The van der Waals surface area contributed by atoms with E-state index in [0.717, 1.165) is 12.8 Å². The molecule has 5 nitrogen and oxygen atoms in total. The van der Waals surface area contributed by atoms with Crippen LogP contribution in [0.5, 0.6) is 0 Å². The molecule has 5 heteroatoms. The third-order valence-electron chi connectivity index (χ3n) is 2.94. The van der Waals surface area contributed by atoms with Crippen LogP contribution < -0.4 is 11.1 Å². The highest BCUT2D eigenvalue weighted by Crippen LogP contribution is 2.08. The molecule has 3 N–H and O–H groups in total. The maximum Gasteiger partial charge on any atom is 0.220 e. The van der Waals surface area contributed by atoms with Gasteiger partial charge >= 0.3 is 0 Å². The number of hydrogen-bond acceptors (Lipinski definition) is 4. The largest absolute Gasteiger partial charge is 0.376 e. The van der Waals surface area contributed by atoms with Crippen LogP contribution in [0.25, 0.3) is 0 Å². The number of amides is 1. The molecular formula is C12H24N2O3. The van der Waals surface area contributed by atoms with Gasteiger partial charge in [-0.3, -0.25) is 4.79 Å². The van der Waals surface area contributed by atoms with Gasteiger partial charge in [0.15, 0.2) is 0 Å². The van der Waals surface area contributed by atoms with Crippen LogP contribution in [0.2, 0.25) is 0 Å². The first-order valence-electron chi connectivity index (χ1n) is 6.38. The molecule has 1 aliphatic rings. The van der Waals surface area contributed by atoms with Gasteiger partial charge in [0.2, 0.25) is 5.91 Å². The van der Waals surface area contributed by atoms with Crippen molar-refractivity contribution < 1.29 is 14.3 Å². The summed E-state index contributed by atoms with van der Waals surface area (Å²) in [6.45, 7) is 5.21. The Morgan fingerprint density at radius 1 is 1.47 bits per heavy atom. The molecule has 1 amide bonds. The Hall–Kier alpha value is -0.650. The van der Waals surface area contributed by atoms with Crippen molar-refractivity contribution in [2.24, 2.45) is 11.7 Å². The molecule has 0 saturated carbocycles. The summed E-state index contributed by atoms with van der Waals surface area (Å²) < 4.78 is 10.7. The van der Waals surface area contributed by atoms with E-state index in [2.05, 4.69) is 12.2 Å². The Morgan fingerprint density at radius 2 is 2.29 bits per heavy atom. The molecule has 0 aromatic rings. The fourth-order valence-electron chi connectivity index (χ4n) is 1.78. The first kappa shape index (κ1) is 14.4. The predicted molar refractivity (Wildman–Crippen MR) is 65.6 cm³/mol. The quantitative estimate of drug-likeness (QED) is 0.675. The summed E-state index contributed by atoms with van der Waals surface area (Å²) in [6, 6.07) is 0. The zero-order chi connectivity index (χ0) is 12.5. The molecule has 1 aliphatic heterocycles. The number of carbonyl (C=O) groups excluding carboxylic acids is 1. The van der Waals surface area contributed by atoms with E-state index in [1.165, 1.54) is 0 Å². The van der Waals surface area contributed by atoms with Crippen LogP contribution in [0.3, 0.4) is 0 Å². The van der Waals surface area contributed by atoms with Crippen molar-refractivity contribution in [1.82, 2.24) is 5.32 Å². The van der Waals surface area contributed by atoms with Gasteiger partial charge in [-0.25, -0.2) is 0 Å². The molecule has 0 bridgehead atoms. The normalized spacial score (nSPS) is 22.1. The Morgan fingerprint density at radius 3 is 2.94 bits per heavy atom. The van der Waals surface area contributed by atoms with E-state index >= 15 is 0 Å². The van der Waals surface area contributed by atoms with Crippen LogP contribution in [0.1, 0.15) is 26.2 Å². The molecule has 0 spiro atoms. The highest BCUT2D eigenvalue weighted by molar-refractivity contribution is 5.75. The van der Waals surface area contributed by atoms with Crippen LogP contribution >= 0.6 is 0 Å². The average molecular weight is 244 g/mol. The number of ether oxygens (including phenoxy) is 2. The monoisotopic (exact) mass is 244 g/mol. The van der Waals surface area contributed by atoms with E-state index in [-0.39, 0.29) is 12.0 Å². The smallest absolute Gasteiger partial charge is 0.220 e. The zero-order valence-corrected chi connectivity index (χ0v) is 10.6. The number of carbonyl (C=O) groups is 1. The molecule has 1 saturated heterocycles. The minimum Gasteiger partial charge on any atom is -0.376 e. The van der Waals surface area contributed by atoms with Crippen molar-refractivity contribution in [2.75, 3.05) is 32.9 Å². The lowest BCUT2D eigenvalue weighted by atomic mass is 10.0. The summed E-state index contributed by atoms with van der Waals surface area (Å²) in [5.41, 5.74) is 5.46. The van der Waals surface area contributed by atoms with Crippen molar-refractivity contribution in [3.63, 3.8) is 0 Å². The molecule has 0 aliphatic carbocycles. The van der Waals surface area contributed by atoms with Crippen molar-refractivity contribution >= 4 is 5.91 Å². The van der Waals surface area contributed by atoms with Crippen LogP contribution in [0.15, 0.2) is 0 Å². The molecule has 2 unspecified atom stereocenters. The lowest BCUT2D eigenvalue weighted by Gasteiger charge is -2.23. The Kier molecular flexibility index (Phi) is 7.16. The van der Waals surface area contributed by atoms with E-state index in [0.29, 0.717) is 45.2 Å². The van der Waals surface area contributed by atoms with Crippen LogP contribution in [-0.4, -0.2) is 44.9 Å². The Labute approximate surface area is 103 Å². The topological polar surface area (TPSA) is 73.6 Å². The molecule has 1 fully saturated rings. The fraction of sp³-hybridized carbons (Fsp3) is 0.917. The molecule has 0 aromatic heterocycles. The highest BCUT2D eigenvalue weighted by Gasteiger charge is 2.15. The van der Waals surface area contributed by atoms with Crippen molar-refractivity contribution in [2.45, 2.75) is 32.3 Å². The van der Waals surface area contributed by atoms with Gasteiger partial charge in [0.25, 0.3) is 0 Å². The summed E-state index contributed by atoms with van der Waals surface area (Å²) in [7, 11) is 0. The maximum atomic E-state index is 11.6. The summed E-state index contributed by atoms with van der Waals surface area (Å²) in [4.78, 5) is 11.6. The van der Waals surface area contributed by atoms with Crippen molar-refractivity contribution in [1.29, 1.82) is 0 Å². The third kappa shape index (κ3) is 6.61. The van der Waals surface area contributed by atoms with Gasteiger partial charge in [0.05, 0.1) is 25.9 Å². The van der Waals surface area contributed by atoms with Crippen LogP contribution in [-0.2, 0) is 14.3 Å². The minimum absolute atomic E-state index is 0.00849. The lowest BCUT2D eigenvalue weighted by Crippen LogP contribution is -2.39. The molecule has 17 heavy (non-hydrogen) atoms. The standard InChI is InChI=1S/C12H24N2O3/c1-10(4-5-13)2-3-12(15)14-8-11-9-16-6-7-17-11/h10-11H,2-9,13H2,1H3,(H,14,15). The number of nitrogens with one attached hydrogen (secondary N) is 1. The number of rotatable bonds is 7. The maximum absolute atomic E-state index is 11.6. The zero-order valence-electron chi connectivity index (χ0n) is 10.6. The van der Waals surface area contributed by atoms with E-state index in [1.54, 1.807) is 0 Å². The van der Waals surface area contributed by atoms with Crippen LogP contribution in [0, 0.1) is 5.92 Å². The summed E-state index contributed by atoms with van der Waals surface area (Å²) in [5.74, 6) is 0.600. The second-order valence-corrected chi connectivity index (χ2v) is 4.59. The van der Waals surface area contributed by atoms with Crippen LogP contribution in [0.4, 0.5) is 0 Å². The second-order valence-electron chi connectivity index (χ2n) is 4.59. The van der Waals surface area contributed by atoms with E-state index < -0.39 is 0 Å². The number of hydrogen-bond donors (Lipinski definition) is 2. The van der Waals surface area contributed by atoms with E-state index in [4.69, 9.17) is 15.2 Å². The van der Waals surface area contributed by atoms with Crippen molar-refractivity contribution in [3.05, 3.63) is 0 Å².